The van der Waals surface area contributed by atoms with E-state index in [1.165, 1.54) is 6.07 Å². The van der Waals surface area contributed by atoms with Crippen LogP contribution in [0.4, 0.5) is 14.9 Å². The van der Waals surface area contributed by atoms with E-state index in [9.17, 15) is 14.0 Å². The minimum atomic E-state index is -0.309. The number of hydrogen-bond acceptors (Lipinski definition) is 2. The number of carbonyl (C=O) groups excluding carboxylic acids is 1. The van der Waals surface area contributed by atoms with Crippen LogP contribution >= 0.6 is 0 Å². The van der Waals surface area contributed by atoms with E-state index < -0.39 is 0 Å². The topological polar surface area (TPSA) is 65.2 Å². The molecule has 0 bridgehead atoms. The lowest BCUT2D eigenvalue weighted by Gasteiger charge is -2.30. The number of pyridine rings is 1. The summed E-state index contributed by atoms with van der Waals surface area (Å²) in [6.07, 6.45) is 2.45. The molecule has 0 aliphatic rings. The van der Waals surface area contributed by atoms with Crippen LogP contribution in [0, 0.1) is 12.7 Å². The first-order valence-corrected chi connectivity index (χ1v) is 9.36. The third-order valence-electron chi connectivity index (χ3n) is 4.89. The van der Waals surface area contributed by atoms with Crippen LogP contribution in [-0.2, 0) is 0 Å². The molecule has 28 heavy (non-hydrogen) atoms. The number of carbonyl (C=O) groups is 1. The minimum absolute atomic E-state index is 0.153. The Labute approximate surface area is 163 Å². The molecular weight excluding hydrogens is 357 g/mol. The van der Waals surface area contributed by atoms with Gasteiger partial charge in [-0.05, 0) is 61.0 Å². The second-order valence-electron chi connectivity index (χ2n) is 6.88. The molecule has 1 aromatic heterocycles. The molecule has 6 heteroatoms. The molecule has 1 heterocycles. The second-order valence-corrected chi connectivity index (χ2v) is 6.88. The largest absolute Gasteiger partial charge is 0.328 e. The second kappa shape index (κ2) is 8.25. The summed E-state index contributed by atoms with van der Waals surface area (Å²) >= 11 is 0. The Bertz CT molecular complexity index is 1060. The van der Waals surface area contributed by atoms with Crippen molar-refractivity contribution in [1.82, 2.24) is 9.88 Å². The predicted molar refractivity (Wildman–Crippen MR) is 110 cm³/mol. The third kappa shape index (κ3) is 3.91. The Balaban J connectivity index is 1.93. The Morgan fingerprint density at radius 1 is 1.21 bits per heavy atom. The normalized spacial score (nSPS) is 12.0. The molecule has 3 rings (SSSR count). The molecule has 2 aromatic carbocycles. The van der Waals surface area contributed by atoms with Gasteiger partial charge in [0.05, 0.1) is 6.04 Å². The van der Waals surface area contributed by atoms with E-state index in [0.717, 1.165) is 17.4 Å². The SMILES string of the molecule is CCCN(C(=O)Nc1ccc(F)c(C)c1)[C@@H](C)c1c[nH]c(=O)c2ccccc12. The van der Waals surface area contributed by atoms with Crippen molar-refractivity contribution < 1.29 is 9.18 Å². The number of urea groups is 1. The lowest BCUT2D eigenvalue weighted by Crippen LogP contribution is -2.38. The van der Waals surface area contributed by atoms with E-state index >= 15 is 0 Å². The van der Waals surface area contributed by atoms with Crippen LogP contribution in [0.5, 0.6) is 0 Å². The maximum absolute atomic E-state index is 13.5. The summed E-state index contributed by atoms with van der Waals surface area (Å²) in [5.41, 5.74) is 1.73. The number of aromatic nitrogens is 1. The number of anilines is 1. The van der Waals surface area contributed by atoms with Gasteiger partial charge in [-0.15, -0.1) is 0 Å². The van der Waals surface area contributed by atoms with E-state index in [1.54, 1.807) is 36.2 Å². The van der Waals surface area contributed by atoms with Crippen LogP contribution in [-0.4, -0.2) is 22.5 Å². The van der Waals surface area contributed by atoms with Crippen LogP contribution in [0.25, 0.3) is 10.8 Å². The van der Waals surface area contributed by atoms with Gasteiger partial charge in [-0.1, -0.05) is 25.1 Å². The molecular formula is C22H24FN3O2. The number of nitrogens with one attached hydrogen (secondary N) is 2. The van der Waals surface area contributed by atoms with E-state index in [2.05, 4.69) is 10.3 Å². The number of benzene rings is 2. The summed E-state index contributed by atoms with van der Waals surface area (Å²) < 4.78 is 13.5. The molecule has 0 unspecified atom stereocenters. The minimum Gasteiger partial charge on any atom is -0.328 e. The van der Waals surface area contributed by atoms with Crippen LogP contribution in [0.3, 0.4) is 0 Å². The van der Waals surface area contributed by atoms with E-state index in [4.69, 9.17) is 0 Å². The average molecular weight is 381 g/mol. The van der Waals surface area contributed by atoms with Gasteiger partial charge in [0.1, 0.15) is 5.82 Å². The molecule has 2 N–H and O–H groups in total. The number of aromatic amines is 1. The summed E-state index contributed by atoms with van der Waals surface area (Å²) in [5, 5.41) is 4.27. The highest BCUT2D eigenvalue weighted by Gasteiger charge is 2.23. The third-order valence-corrected chi connectivity index (χ3v) is 4.89. The van der Waals surface area contributed by atoms with Crippen LogP contribution < -0.4 is 10.9 Å². The van der Waals surface area contributed by atoms with Crippen molar-refractivity contribution in [3.8, 4) is 0 Å². The molecule has 0 radical (unpaired) electrons. The molecule has 0 fully saturated rings. The quantitative estimate of drug-likeness (QED) is 0.654. The number of aryl methyl sites for hydroxylation is 1. The molecule has 146 valence electrons. The van der Waals surface area contributed by atoms with Crippen molar-refractivity contribution in [2.45, 2.75) is 33.2 Å². The smallest absolute Gasteiger partial charge is 0.322 e. The number of hydrogen-bond donors (Lipinski definition) is 2. The maximum Gasteiger partial charge on any atom is 0.322 e. The molecule has 0 aliphatic heterocycles. The van der Waals surface area contributed by atoms with E-state index in [-0.39, 0.29) is 23.4 Å². The van der Waals surface area contributed by atoms with Gasteiger partial charge >= 0.3 is 6.03 Å². The summed E-state index contributed by atoms with van der Waals surface area (Å²) in [5.74, 6) is -0.309. The molecule has 2 amide bonds. The van der Waals surface area contributed by atoms with Crippen molar-refractivity contribution in [2.24, 2.45) is 0 Å². The van der Waals surface area contributed by atoms with Gasteiger partial charge in [-0.2, -0.15) is 0 Å². The summed E-state index contributed by atoms with van der Waals surface area (Å²) in [7, 11) is 0. The summed E-state index contributed by atoms with van der Waals surface area (Å²) in [6, 6.07) is 11.3. The van der Waals surface area contributed by atoms with Crippen LogP contribution in [0.1, 0.15) is 37.4 Å². The Kier molecular flexibility index (Phi) is 5.78. The van der Waals surface area contributed by atoms with Gasteiger partial charge in [-0.25, -0.2) is 9.18 Å². The average Bonchev–Trinajstić information content (AvgIpc) is 2.69. The van der Waals surface area contributed by atoms with Crippen molar-refractivity contribution in [2.75, 3.05) is 11.9 Å². The molecule has 1 atom stereocenters. The fourth-order valence-corrected chi connectivity index (χ4v) is 3.37. The molecule has 0 aliphatic carbocycles. The van der Waals surface area contributed by atoms with E-state index in [1.807, 2.05) is 32.0 Å². The highest BCUT2D eigenvalue weighted by molar-refractivity contribution is 5.91. The number of halogens is 1. The first-order valence-electron chi connectivity index (χ1n) is 9.36. The standard InChI is InChI=1S/C22H24FN3O2/c1-4-11-26(22(28)25-16-9-10-20(23)14(2)12-16)15(3)19-13-24-21(27)18-8-6-5-7-17(18)19/h5-10,12-13,15H,4,11H2,1-3H3,(H,24,27)(H,25,28)/t15-/m0/s1. The van der Waals surface area contributed by atoms with Crippen molar-refractivity contribution >= 4 is 22.5 Å². The van der Waals surface area contributed by atoms with E-state index in [0.29, 0.717) is 23.2 Å². The fourth-order valence-electron chi connectivity index (χ4n) is 3.37. The first-order chi connectivity index (χ1) is 13.4. The highest BCUT2D eigenvalue weighted by Crippen LogP contribution is 2.27. The molecule has 0 spiro atoms. The predicted octanol–water partition coefficient (Wildman–Crippen LogP) is 4.98. The van der Waals surface area contributed by atoms with Gasteiger partial charge in [0, 0.05) is 23.8 Å². The Morgan fingerprint density at radius 3 is 2.61 bits per heavy atom. The van der Waals surface area contributed by atoms with Crippen molar-refractivity contribution in [3.05, 3.63) is 76.0 Å². The van der Waals surface area contributed by atoms with Gasteiger partial charge in [0.15, 0.2) is 0 Å². The summed E-state index contributed by atoms with van der Waals surface area (Å²) in [4.78, 5) is 29.6. The number of fused-ring (bicyclic) bond motifs is 1. The maximum atomic E-state index is 13.5. The Morgan fingerprint density at radius 2 is 1.93 bits per heavy atom. The van der Waals surface area contributed by atoms with Gasteiger partial charge in [0.2, 0.25) is 0 Å². The monoisotopic (exact) mass is 381 g/mol. The zero-order valence-electron chi connectivity index (χ0n) is 16.3. The fraction of sp³-hybridized carbons (Fsp3) is 0.273. The zero-order chi connectivity index (χ0) is 20.3. The van der Waals surface area contributed by atoms with Crippen LogP contribution in [0.2, 0.25) is 0 Å². The first kappa shape index (κ1) is 19.6. The van der Waals surface area contributed by atoms with Crippen molar-refractivity contribution in [3.63, 3.8) is 0 Å². The lowest BCUT2D eigenvalue weighted by molar-refractivity contribution is 0.193. The van der Waals surface area contributed by atoms with Gasteiger partial charge in [-0.3, -0.25) is 4.79 Å². The molecule has 0 saturated carbocycles. The molecule has 0 saturated heterocycles. The lowest BCUT2D eigenvalue weighted by atomic mass is 10.0. The van der Waals surface area contributed by atoms with Crippen LogP contribution in [0.15, 0.2) is 53.5 Å². The Hall–Kier alpha value is -3.15. The number of H-pyrrole nitrogens is 1. The number of amides is 2. The van der Waals surface area contributed by atoms with Gasteiger partial charge < -0.3 is 15.2 Å². The summed E-state index contributed by atoms with van der Waals surface area (Å²) in [6.45, 7) is 6.13. The highest BCUT2D eigenvalue weighted by atomic mass is 19.1. The number of nitrogens with zero attached hydrogens (tertiary/aromatic N) is 1. The number of rotatable bonds is 5. The van der Waals surface area contributed by atoms with Gasteiger partial charge in [0.25, 0.3) is 5.56 Å². The van der Waals surface area contributed by atoms with Crippen molar-refractivity contribution in [1.29, 1.82) is 0 Å². The molecule has 3 aromatic rings. The molecule has 5 nitrogen and oxygen atoms in total. The zero-order valence-corrected chi connectivity index (χ0v) is 16.3.